The second kappa shape index (κ2) is 6.93. The van der Waals surface area contributed by atoms with Crippen LogP contribution in [0.1, 0.15) is 50.6 Å². The summed E-state index contributed by atoms with van der Waals surface area (Å²) < 4.78 is 5.61. The minimum Gasteiger partial charge on any atom is -0.459 e. The Hall–Kier alpha value is -1.88. The van der Waals surface area contributed by atoms with Crippen molar-refractivity contribution in [1.29, 1.82) is 0 Å². The molecular formula is C22H26N2O2S. The topological polar surface area (TPSA) is 51.2 Å². The Kier molecular flexibility index (Phi) is 4.43. The standard InChI is InChI=1S/C22H26N2O2S/c25-20(12-22-9-15-6-16(10-22)8-17(7-15)11-22)26-13-19-14-27-21(24-19)23-18-4-2-1-3-5-18/h1-5,14-17H,6-13H2,(H,23,24). The van der Waals surface area contributed by atoms with E-state index in [1.54, 1.807) is 0 Å². The highest BCUT2D eigenvalue weighted by atomic mass is 32.1. The van der Waals surface area contributed by atoms with Gasteiger partial charge in [-0.2, -0.15) is 0 Å². The van der Waals surface area contributed by atoms with Crippen LogP contribution in [0.3, 0.4) is 0 Å². The van der Waals surface area contributed by atoms with Crippen molar-refractivity contribution in [3.63, 3.8) is 0 Å². The molecule has 0 saturated heterocycles. The molecule has 1 heterocycles. The number of rotatable bonds is 6. The van der Waals surface area contributed by atoms with Gasteiger partial charge in [-0.1, -0.05) is 18.2 Å². The fraction of sp³-hybridized carbons (Fsp3) is 0.545. The summed E-state index contributed by atoms with van der Waals surface area (Å²) in [6.45, 7) is 0.276. The molecule has 4 aliphatic rings. The molecule has 5 heteroatoms. The Bertz CT molecular complexity index is 781. The van der Waals surface area contributed by atoms with E-state index in [-0.39, 0.29) is 18.0 Å². The van der Waals surface area contributed by atoms with Crippen molar-refractivity contribution in [3.8, 4) is 0 Å². The third-order valence-corrected chi connectivity index (χ3v) is 7.45. The van der Waals surface area contributed by atoms with E-state index in [2.05, 4.69) is 10.3 Å². The normalized spacial score (nSPS) is 31.0. The fourth-order valence-corrected chi connectivity index (χ4v) is 6.81. The zero-order chi connectivity index (χ0) is 18.3. The van der Waals surface area contributed by atoms with Gasteiger partial charge < -0.3 is 10.1 Å². The first-order valence-corrected chi connectivity index (χ1v) is 11.0. The average molecular weight is 383 g/mol. The van der Waals surface area contributed by atoms with Crippen LogP contribution < -0.4 is 5.32 Å². The Balaban J connectivity index is 1.15. The number of nitrogens with one attached hydrogen (secondary N) is 1. The SMILES string of the molecule is O=C(CC12CC3CC(CC(C3)C1)C2)OCc1csc(Nc2ccccc2)n1. The summed E-state index contributed by atoms with van der Waals surface area (Å²) >= 11 is 1.54. The van der Waals surface area contributed by atoms with Gasteiger partial charge in [0.25, 0.3) is 0 Å². The van der Waals surface area contributed by atoms with Crippen LogP contribution in [-0.2, 0) is 16.1 Å². The van der Waals surface area contributed by atoms with Crippen molar-refractivity contribution in [1.82, 2.24) is 4.98 Å². The van der Waals surface area contributed by atoms with Crippen LogP contribution >= 0.6 is 11.3 Å². The molecule has 0 spiro atoms. The predicted octanol–water partition coefficient (Wildman–Crippen LogP) is 5.54. The van der Waals surface area contributed by atoms with Crippen molar-refractivity contribution >= 4 is 28.1 Å². The molecule has 4 saturated carbocycles. The Morgan fingerprint density at radius 3 is 2.44 bits per heavy atom. The molecule has 0 unspecified atom stereocenters. The molecule has 4 nitrogen and oxygen atoms in total. The minimum absolute atomic E-state index is 0.0393. The summed E-state index contributed by atoms with van der Waals surface area (Å²) in [5.41, 5.74) is 2.07. The number of aromatic nitrogens is 1. The van der Waals surface area contributed by atoms with Crippen LogP contribution in [-0.4, -0.2) is 11.0 Å². The third-order valence-electron chi connectivity index (χ3n) is 6.64. The van der Waals surface area contributed by atoms with Crippen LogP contribution in [0.4, 0.5) is 10.8 Å². The summed E-state index contributed by atoms with van der Waals surface area (Å²) in [4.78, 5) is 17.1. The van der Waals surface area contributed by atoms with Gasteiger partial charge in [0, 0.05) is 11.1 Å². The lowest BCUT2D eigenvalue weighted by atomic mass is 9.49. The number of hydrogen-bond acceptors (Lipinski definition) is 5. The second-order valence-electron chi connectivity index (χ2n) is 8.89. The van der Waals surface area contributed by atoms with Crippen molar-refractivity contribution in [2.75, 3.05) is 5.32 Å². The number of esters is 1. The second-order valence-corrected chi connectivity index (χ2v) is 9.75. The molecule has 142 valence electrons. The van der Waals surface area contributed by atoms with Gasteiger partial charge in [-0.05, 0) is 73.8 Å². The lowest BCUT2D eigenvalue weighted by molar-refractivity contribution is -0.153. The number of thiazole rings is 1. The van der Waals surface area contributed by atoms with Crippen molar-refractivity contribution < 1.29 is 9.53 Å². The van der Waals surface area contributed by atoms with Gasteiger partial charge in [0.15, 0.2) is 5.13 Å². The molecule has 1 aromatic heterocycles. The number of hydrogen-bond donors (Lipinski definition) is 1. The molecule has 4 aliphatic carbocycles. The molecule has 27 heavy (non-hydrogen) atoms. The van der Waals surface area contributed by atoms with Crippen LogP contribution in [0.2, 0.25) is 0 Å². The molecule has 0 amide bonds. The molecule has 0 atom stereocenters. The number of anilines is 2. The summed E-state index contributed by atoms with van der Waals surface area (Å²) in [5, 5.41) is 6.07. The summed E-state index contributed by atoms with van der Waals surface area (Å²) in [7, 11) is 0. The summed E-state index contributed by atoms with van der Waals surface area (Å²) in [6.07, 6.45) is 8.57. The van der Waals surface area contributed by atoms with E-state index in [1.807, 2.05) is 35.7 Å². The lowest BCUT2D eigenvalue weighted by Gasteiger charge is -2.56. The summed E-state index contributed by atoms with van der Waals surface area (Å²) in [5.74, 6) is 2.57. The molecular weight excluding hydrogens is 356 g/mol. The molecule has 1 N–H and O–H groups in total. The quantitative estimate of drug-likeness (QED) is 0.667. The van der Waals surface area contributed by atoms with E-state index < -0.39 is 0 Å². The maximum absolute atomic E-state index is 12.5. The first kappa shape index (κ1) is 17.2. The molecule has 0 aliphatic heterocycles. The predicted molar refractivity (Wildman–Crippen MR) is 107 cm³/mol. The van der Waals surface area contributed by atoms with Crippen molar-refractivity contribution in [2.24, 2.45) is 23.2 Å². The van der Waals surface area contributed by atoms with Crippen molar-refractivity contribution in [3.05, 3.63) is 41.4 Å². The van der Waals surface area contributed by atoms with Crippen molar-refractivity contribution in [2.45, 2.75) is 51.6 Å². The largest absolute Gasteiger partial charge is 0.459 e. The monoisotopic (exact) mass is 382 g/mol. The molecule has 6 rings (SSSR count). The van der Waals surface area contributed by atoms with E-state index in [0.717, 1.165) is 34.3 Å². The maximum Gasteiger partial charge on any atom is 0.306 e. The van der Waals surface area contributed by atoms with Gasteiger partial charge in [-0.25, -0.2) is 4.98 Å². The molecule has 4 bridgehead atoms. The van der Waals surface area contributed by atoms with Crippen LogP contribution in [0.5, 0.6) is 0 Å². The number of carbonyl (C=O) groups excluding carboxylic acids is 1. The smallest absolute Gasteiger partial charge is 0.306 e. The van der Waals surface area contributed by atoms with Gasteiger partial charge >= 0.3 is 5.97 Å². The number of para-hydroxylation sites is 1. The van der Waals surface area contributed by atoms with E-state index >= 15 is 0 Å². The average Bonchev–Trinajstić information content (AvgIpc) is 3.07. The first-order chi connectivity index (χ1) is 13.2. The Morgan fingerprint density at radius 2 is 1.78 bits per heavy atom. The van der Waals surface area contributed by atoms with Crippen LogP contribution in [0.25, 0.3) is 0 Å². The molecule has 2 aromatic rings. The number of ether oxygens (including phenoxy) is 1. The number of benzene rings is 1. The molecule has 4 fully saturated rings. The van der Waals surface area contributed by atoms with Crippen LogP contribution in [0, 0.1) is 23.2 Å². The fourth-order valence-electron chi connectivity index (χ4n) is 6.09. The summed E-state index contributed by atoms with van der Waals surface area (Å²) in [6, 6.07) is 9.98. The van der Waals surface area contributed by atoms with E-state index in [1.165, 1.54) is 49.9 Å². The third kappa shape index (κ3) is 3.75. The zero-order valence-corrected chi connectivity index (χ0v) is 16.3. The Labute approximate surface area is 164 Å². The highest BCUT2D eigenvalue weighted by molar-refractivity contribution is 7.13. The Morgan fingerprint density at radius 1 is 1.11 bits per heavy atom. The van der Waals surface area contributed by atoms with Crippen LogP contribution in [0.15, 0.2) is 35.7 Å². The molecule has 1 aromatic carbocycles. The van der Waals surface area contributed by atoms with Gasteiger partial charge in [-0.3, -0.25) is 4.79 Å². The van der Waals surface area contributed by atoms with E-state index in [0.29, 0.717) is 6.42 Å². The number of carbonyl (C=O) groups is 1. The lowest BCUT2D eigenvalue weighted by Crippen LogP contribution is -2.47. The molecule has 0 radical (unpaired) electrons. The first-order valence-electron chi connectivity index (χ1n) is 10.1. The van der Waals surface area contributed by atoms with E-state index in [9.17, 15) is 4.79 Å². The highest BCUT2D eigenvalue weighted by Gasteiger charge is 2.51. The van der Waals surface area contributed by atoms with E-state index in [4.69, 9.17) is 4.74 Å². The van der Waals surface area contributed by atoms with Gasteiger partial charge in [0.1, 0.15) is 6.61 Å². The van der Waals surface area contributed by atoms with Gasteiger partial charge in [0.2, 0.25) is 0 Å². The maximum atomic E-state index is 12.5. The number of nitrogens with zero attached hydrogens (tertiary/aromatic N) is 1. The highest BCUT2D eigenvalue weighted by Crippen LogP contribution is 2.61. The van der Waals surface area contributed by atoms with Gasteiger partial charge in [-0.15, -0.1) is 11.3 Å². The minimum atomic E-state index is -0.0393. The van der Waals surface area contributed by atoms with Gasteiger partial charge in [0.05, 0.1) is 12.1 Å². The zero-order valence-electron chi connectivity index (χ0n) is 15.5.